The van der Waals surface area contributed by atoms with E-state index in [1.807, 2.05) is 30.3 Å². The summed E-state index contributed by atoms with van der Waals surface area (Å²) in [5.41, 5.74) is 0. The SMILES string of the molecule is COc1cccc(S(=O)(=O)N2C[C@@H](Oc3ccccc3)C[C@H]2C(=O)N2CCOCC2)c1. The first-order valence-corrected chi connectivity index (χ1v) is 11.7. The third-order valence-electron chi connectivity index (χ3n) is 5.52. The molecular weight excluding hydrogens is 420 g/mol. The number of morpholine rings is 1. The topological polar surface area (TPSA) is 85.4 Å². The number of sulfonamides is 1. The molecule has 2 saturated heterocycles. The third-order valence-corrected chi connectivity index (χ3v) is 7.39. The number of ether oxygens (including phenoxy) is 3. The molecule has 2 aromatic carbocycles. The number of amides is 1. The van der Waals surface area contributed by atoms with Crippen LogP contribution < -0.4 is 9.47 Å². The van der Waals surface area contributed by atoms with Crippen LogP contribution in [0.15, 0.2) is 59.5 Å². The Morgan fingerprint density at radius 2 is 1.74 bits per heavy atom. The minimum Gasteiger partial charge on any atom is -0.497 e. The fourth-order valence-corrected chi connectivity index (χ4v) is 5.59. The zero-order valence-electron chi connectivity index (χ0n) is 17.3. The molecule has 2 aliphatic heterocycles. The number of hydrogen-bond acceptors (Lipinski definition) is 6. The lowest BCUT2D eigenvalue weighted by molar-refractivity contribution is -0.138. The Kier molecular flexibility index (Phi) is 6.45. The molecule has 9 heteroatoms. The number of rotatable bonds is 6. The highest BCUT2D eigenvalue weighted by molar-refractivity contribution is 7.89. The summed E-state index contributed by atoms with van der Waals surface area (Å²) >= 11 is 0. The Morgan fingerprint density at radius 3 is 2.45 bits per heavy atom. The van der Waals surface area contributed by atoms with Crippen LogP contribution in [-0.2, 0) is 19.6 Å². The normalized spacial score (nSPS) is 22.3. The fraction of sp³-hybridized carbons (Fsp3) is 0.409. The molecule has 2 aromatic rings. The van der Waals surface area contributed by atoms with Crippen LogP contribution in [0.5, 0.6) is 11.5 Å². The maximum atomic E-state index is 13.5. The molecule has 166 valence electrons. The number of para-hydroxylation sites is 1. The van der Waals surface area contributed by atoms with E-state index in [1.54, 1.807) is 17.0 Å². The van der Waals surface area contributed by atoms with Gasteiger partial charge in [0.15, 0.2) is 0 Å². The molecule has 2 aliphatic rings. The van der Waals surface area contributed by atoms with Crippen LogP contribution in [0.1, 0.15) is 6.42 Å². The van der Waals surface area contributed by atoms with Crippen molar-refractivity contribution in [2.45, 2.75) is 23.5 Å². The van der Waals surface area contributed by atoms with Crippen molar-refractivity contribution < 1.29 is 27.4 Å². The Morgan fingerprint density at radius 1 is 1.03 bits per heavy atom. The fourth-order valence-electron chi connectivity index (χ4n) is 3.93. The highest BCUT2D eigenvalue weighted by Crippen LogP contribution is 2.31. The van der Waals surface area contributed by atoms with E-state index in [-0.39, 0.29) is 23.8 Å². The Hall–Kier alpha value is -2.62. The Labute approximate surface area is 182 Å². The maximum Gasteiger partial charge on any atom is 0.244 e. The predicted octanol–water partition coefficient (Wildman–Crippen LogP) is 1.76. The second kappa shape index (κ2) is 9.25. The predicted molar refractivity (Wildman–Crippen MR) is 114 cm³/mol. The lowest BCUT2D eigenvalue weighted by Gasteiger charge is -2.32. The molecular formula is C22H26N2O6S. The van der Waals surface area contributed by atoms with E-state index >= 15 is 0 Å². The molecule has 0 N–H and O–H groups in total. The van der Waals surface area contributed by atoms with Gasteiger partial charge in [-0.3, -0.25) is 4.79 Å². The summed E-state index contributed by atoms with van der Waals surface area (Å²) in [5.74, 6) is 0.869. The van der Waals surface area contributed by atoms with Gasteiger partial charge in [-0.25, -0.2) is 8.42 Å². The van der Waals surface area contributed by atoms with Crippen LogP contribution in [0.25, 0.3) is 0 Å². The van der Waals surface area contributed by atoms with E-state index in [2.05, 4.69) is 0 Å². The first kappa shape index (κ1) is 21.6. The lowest BCUT2D eigenvalue weighted by Crippen LogP contribution is -2.50. The van der Waals surface area contributed by atoms with Crippen molar-refractivity contribution in [3.63, 3.8) is 0 Å². The van der Waals surface area contributed by atoms with Crippen molar-refractivity contribution >= 4 is 15.9 Å². The average molecular weight is 447 g/mol. The van der Waals surface area contributed by atoms with Gasteiger partial charge >= 0.3 is 0 Å². The molecule has 0 aromatic heterocycles. The molecule has 0 radical (unpaired) electrons. The molecule has 4 rings (SSSR count). The van der Waals surface area contributed by atoms with Gasteiger partial charge in [-0.15, -0.1) is 0 Å². The summed E-state index contributed by atoms with van der Waals surface area (Å²) in [5, 5.41) is 0. The zero-order chi connectivity index (χ0) is 21.8. The first-order valence-electron chi connectivity index (χ1n) is 10.2. The van der Waals surface area contributed by atoms with E-state index in [4.69, 9.17) is 14.2 Å². The van der Waals surface area contributed by atoms with Crippen LogP contribution in [0, 0.1) is 0 Å². The van der Waals surface area contributed by atoms with Gasteiger partial charge in [0, 0.05) is 25.6 Å². The lowest BCUT2D eigenvalue weighted by atomic mass is 10.1. The number of methoxy groups -OCH3 is 1. The number of carbonyl (C=O) groups is 1. The molecule has 0 unspecified atom stereocenters. The van der Waals surface area contributed by atoms with Crippen LogP contribution >= 0.6 is 0 Å². The number of hydrogen-bond donors (Lipinski definition) is 0. The van der Waals surface area contributed by atoms with E-state index in [1.165, 1.54) is 23.5 Å². The highest BCUT2D eigenvalue weighted by atomic mass is 32.2. The van der Waals surface area contributed by atoms with Gasteiger partial charge in [-0.05, 0) is 24.3 Å². The molecule has 2 heterocycles. The highest BCUT2D eigenvalue weighted by Gasteiger charge is 2.46. The van der Waals surface area contributed by atoms with Gasteiger partial charge < -0.3 is 19.1 Å². The Bertz CT molecular complexity index is 1010. The molecule has 2 atom stereocenters. The molecule has 1 amide bonds. The van der Waals surface area contributed by atoms with Crippen molar-refractivity contribution in [3.8, 4) is 11.5 Å². The largest absolute Gasteiger partial charge is 0.497 e. The molecule has 2 fully saturated rings. The maximum absolute atomic E-state index is 13.5. The number of benzene rings is 2. The van der Waals surface area contributed by atoms with Crippen molar-refractivity contribution in [3.05, 3.63) is 54.6 Å². The molecule has 0 bridgehead atoms. The van der Waals surface area contributed by atoms with Crippen LogP contribution in [0.3, 0.4) is 0 Å². The van der Waals surface area contributed by atoms with Gasteiger partial charge in [0.05, 0.1) is 31.8 Å². The van der Waals surface area contributed by atoms with Gasteiger partial charge in [0.1, 0.15) is 23.6 Å². The van der Waals surface area contributed by atoms with Gasteiger partial charge in [-0.2, -0.15) is 4.31 Å². The minimum absolute atomic E-state index is 0.0898. The van der Waals surface area contributed by atoms with Crippen LogP contribution in [0.4, 0.5) is 0 Å². The van der Waals surface area contributed by atoms with E-state index in [0.717, 1.165) is 0 Å². The molecule has 8 nitrogen and oxygen atoms in total. The average Bonchev–Trinajstić information content (AvgIpc) is 3.24. The monoisotopic (exact) mass is 446 g/mol. The number of carbonyl (C=O) groups excluding carboxylic acids is 1. The smallest absolute Gasteiger partial charge is 0.244 e. The first-order chi connectivity index (χ1) is 15.0. The zero-order valence-corrected chi connectivity index (χ0v) is 18.2. The van der Waals surface area contributed by atoms with E-state index in [9.17, 15) is 13.2 Å². The number of nitrogens with zero attached hydrogens (tertiary/aromatic N) is 2. The standard InChI is InChI=1S/C22H26N2O6S/c1-28-18-8-5-9-20(14-18)31(26,27)24-16-19(30-17-6-3-2-4-7-17)15-21(24)22(25)23-10-12-29-13-11-23/h2-9,14,19,21H,10-13,15-16H2,1H3/t19-,21-/m0/s1. The van der Waals surface area contributed by atoms with Gasteiger partial charge in [0.25, 0.3) is 0 Å². The van der Waals surface area contributed by atoms with Crippen LogP contribution in [-0.4, -0.2) is 75.6 Å². The van der Waals surface area contributed by atoms with Crippen molar-refractivity contribution in [2.75, 3.05) is 40.0 Å². The van der Waals surface area contributed by atoms with Crippen molar-refractivity contribution in [2.24, 2.45) is 0 Å². The molecule has 31 heavy (non-hydrogen) atoms. The van der Waals surface area contributed by atoms with Gasteiger partial charge in [-0.1, -0.05) is 24.3 Å². The van der Waals surface area contributed by atoms with Crippen LogP contribution in [0.2, 0.25) is 0 Å². The summed E-state index contributed by atoms with van der Waals surface area (Å²) in [6.45, 7) is 1.89. The van der Waals surface area contributed by atoms with Gasteiger partial charge in [0.2, 0.25) is 15.9 Å². The summed E-state index contributed by atoms with van der Waals surface area (Å²) in [4.78, 5) is 15.1. The summed E-state index contributed by atoms with van der Waals surface area (Å²) < 4.78 is 44.9. The summed E-state index contributed by atoms with van der Waals surface area (Å²) in [7, 11) is -2.45. The van der Waals surface area contributed by atoms with Crippen molar-refractivity contribution in [1.29, 1.82) is 0 Å². The van der Waals surface area contributed by atoms with Crippen molar-refractivity contribution in [1.82, 2.24) is 9.21 Å². The molecule has 0 spiro atoms. The minimum atomic E-state index is -3.93. The third kappa shape index (κ3) is 4.68. The van der Waals surface area contributed by atoms with E-state index in [0.29, 0.717) is 37.8 Å². The summed E-state index contributed by atoms with van der Waals surface area (Å²) in [6, 6.07) is 14.7. The Balaban J connectivity index is 1.63. The molecule has 0 saturated carbocycles. The second-order valence-electron chi connectivity index (χ2n) is 7.50. The summed E-state index contributed by atoms with van der Waals surface area (Å²) in [6.07, 6.45) is -0.147. The quantitative estimate of drug-likeness (QED) is 0.672. The second-order valence-corrected chi connectivity index (χ2v) is 9.39. The molecule has 0 aliphatic carbocycles. The van der Waals surface area contributed by atoms with E-state index < -0.39 is 22.2 Å².